The van der Waals surface area contributed by atoms with E-state index in [0.717, 1.165) is 25.7 Å². The Morgan fingerprint density at radius 1 is 1.16 bits per heavy atom. The first-order valence-electron chi connectivity index (χ1n) is 6.80. The lowest BCUT2D eigenvalue weighted by molar-refractivity contribution is -0.158. The summed E-state index contributed by atoms with van der Waals surface area (Å²) in [4.78, 5) is 12.0. The molecule has 0 amide bonds. The number of ether oxygens (including phenoxy) is 1. The summed E-state index contributed by atoms with van der Waals surface area (Å²) in [6.07, 6.45) is 3.83. The molecule has 0 aliphatic heterocycles. The van der Waals surface area contributed by atoms with Crippen molar-refractivity contribution in [2.24, 2.45) is 5.41 Å². The van der Waals surface area contributed by atoms with Gasteiger partial charge in [0, 0.05) is 0 Å². The van der Waals surface area contributed by atoms with Gasteiger partial charge >= 0.3 is 5.97 Å². The second kappa shape index (κ2) is 4.69. The van der Waals surface area contributed by atoms with E-state index in [1.54, 1.807) is 0 Å². The van der Waals surface area contributed by atoms with Gasteiger partial charge in [0.05, 0.1) is 12.5 Å². The van der Waals surface area contributed by atoms with E-state index in [4.69, 9.17) is 4.74 Å². The van der Waals surface area contributed by atoms with Crippen LogP contribution in [0, 0.1) is 5.41 Å². The molecule has 1 saturated carbocycles. The normalized spacial score (nSPS) is 16.9. The zero-order valence-electron chi connectivity index (χ0n) is 11.2. The van der Waals surface area contributed by atoms with Gasteiger partial charge in [0.25, 0.3) is 0 Å². The highest BCUT2D eigenvalue weighted by Crippen LogP contribution is 2.44. The van der Waals surface area contributed by atoms with Crippen LogP contribution in [0.3, 0.4) is 0 Å². The van der Waals surface area contributed by atoms with E-state index in [0.29, 0.717) is 0 Å². The fraction of sp³-hybridized carbons (Fsp3) is 0.353. The minimum atomic E-state index is -0.267. The second-order valence-electron chi connectivity index (χ2n) is 5.48. The molecule has 0 heterocycles. The Balaban J connectivity index is 1.90. The molecular formula is C17H18O2. The zero-order valence-corrected chi connectivity index (χ0v) is 11.2. The molecule has 2 aromatic carbocycles. The van der Waals surface area contributed by atoms with Crippen LogP contribution < -0.4 is 0 Å². The number of esters is 1. The second-order valence-corrected chi connectivity index (χ2v) is 5.48. The highest BCUT2D eigenvalue weighted by molar-refractivity contribution is 5.83. The first-order valence-corrected chi connectivity index (χ1v) is 6.80. The molecule has 0 bridgehead atoms. The smallest absolute Gasteiger partial charge is 0.312 e. The fourth-order valence-corrected chi connectivity index (χ4v) is 3.01. The highest BCUT2D eigenvalue weighted by atomic mass is 16.5. The van der Waals surface area contributed by atoms with Crippen molar-refractivity contribution in [1.29, 1.82) is 0 Å². The Labute approximate surface area is 113 Å². The van der Waals surface area contributed by atoms with Gasteiger partial charge in [0.1, 0.15) is 0 Å². The lowest BCUT2D eigenvalue weighted by atomic mass is 9.65. The summed E-state index contributed by atoms with van der Waals surface area (Å²) < 4.78 is 4.98. The number of hydrogen-bond donors (Lipinski definition) is 0. The van der Waals surface area contributed by atoms with Crippen molar-refractivity contribution >= 4 is 16.7 Å². The average molecular weight is 254 g/mol. The van der Waals surface area contributed by atoms with Gasteiger partial charge in [-0.3, -0.25) is 4.79 Å². The molecular weight excluding hydrogens is 236 g/mol. The van der Waals surface area contributed by atoms with Gasteiger partial charge in [0.15, 0.2) is 0 Å². The van der Waals surface area contributed by atoms with E-state index in [1.165, 1.54) is 23.4 Å². The first-order chi connectivity index (χ1) is 9.23. The molecule has 0 aromatic heterocycles. The quantitative estimate of drug-likeness (QED) is 0.780. The van der Waals surface area contributed by atoms with Gasteiger partial charge in [-0.05, 0) is 35.6 Å². The molecule has 0 saturated heterocycles. The van der Waals surface area contributed by atoms with Gasteiger partial charge in [0.2, 0.25) is 0 Å². The molecule has 1 aliphatic rings. The molecule has 0 spiro atoms. The number of methoxy groups -OCH3 is 1. The van der Waals surface area contributed by atoms with Crippen molar-refractivity contribution < 1.29 is 9.53 Å². The Bertz CT molecular complexity index is 611. The van der Waals surface area contributed by atoms with Crippen LogP contribution in [0.2, 0.25) is 0 Å². The van der Waals surface area contributed by atoms with E-state index in [1.807, 2.05) is 12.1 Å². The van der Waals surface area contributed by atoms with Gasteiger partial charge < -0.3 is 4.74 Å². The standard InChI is InChI=1S/C17H18O2/c1-19-16(18)17(9-4-10-17)12-13-7-8-14-5-2-3-6-15(14)11-13/h2-3,5-8,11H,4,9-10,12H2,1H3. The minimum absolute atomic E-state index is 0.0492. The van der Waals surface area contributed by atoms with Crippen LogP contribution >= 0.6 is 0 Å². The third-order valence-electron chi connectivity index (χ3n) is 4.29. The third kappa shape index (κ3) is 2.12. The molecule has 98 valence electrons. The Morgan fingerprint density at radius 3 is 2.53 bits per heavy atom. The zero-order chi connectivity index (χ0) is 13.3. The molecule has 0 unspecified atom stereocenters. The summed E-state index contributed by atoms with van der Waals surface area (Å²) in [6, 6.07) is 14.8. The first kappa shape index (κ1) is 12.2. The van der Waals surface area contributed by atoms with Gasteiger partial charge in [-0.15, -0.1) is 0 Å². The van der Waals surface area contributed by atoms with Crippen molar-refractivity contribution in [3.63, 3.8) is 0 Å². The molecule has 3 rings (SSSR count). The van der Waals surface area contributed by atoms with Crippen molar-refractivity contribution in [1.82, 2.24) is 0 Å². The molecule has 2 heteroatoms. The lowest BCUT2D eigenvalue weighted by Crippen LogP contribution is -2.40. The molecule has 1 aliphatic carbocycles. The van der Waals surface area contributed by atoms with Crippen molar-refractivity contribution in [3.8, 4) is 0 Å². The number of carbonyl (C=O) groups is 1. The van der Waals surface area contributed by atoms with E-state index >= 15 is 0 Å². The average Bonchev–Trinajstić information content (AvgIpc) is 2.42. The maximum atomic E-state index is 12.0. The number of hydrogen-bond acceptors (Lipinski definition) is 2. The van der Waals surface area contributed by atoms with Gasteiger partial charge in [-0.25, -0.2) is 0 Å². The topological polar surface area (TPSA) is 26.3 Å². The summed E-state index contributed by atoms with van der Waals surface area (Å²) >= 11 is 0. The van der Waals surface area contributed by atoms with Crippen molar-refractivity contribution in [2.45, 2.75) is 25.7 Å². The van der Waals surface area contributed by atoms with E-state index in [2.05, 4.69) is 30.3 Å². The summed E-state index contributed by atoms with van der Waals surface area (Å²) in [6.45, 7) is 0. The maximum Gasteiger partial charge on any atom is 0.312 e. The number of fused-ring (bicyclic) bond motifs is 1. The summed E-state index contributed by atoms with van der Waals surface area (Å²) in [5.41, 5.74) is 0.959. The summed E-state index contributed by atoms with van der Waals surface area (Å²) in [5.74, 6) is -0.0492. The van der Waals surface area contributed by atoms with Crippen LogP contribution in [-0.2, 0) is 16.0 Å². The molecule has 0 N–H and O–H groups in total. The molecule has 2 nitrogen and oxygen atoms in total. The summed E-state index contributed by atoms with van der Waals surface area (Å²) in [5, 5.41) is 2.48. The number of benzene rings is 2. The van der Waals surface area contributed by atoms with Crippen LogP contribution in [-0.4, -0.2) is 13.1 Å². The van der Waals surface area contributed by atoms with Crippen LogP contribution in [0.4, 0.5) is 0 Å². The predicted molar refractivity (Wildman–Crippen MR) is 76.0 cm³/mol. The SMILES string of the molecule is COC(=O)C1(Cc2ccc3ccccc3c2)CCC1. The van der Waals surface area contributed by atoms with Crippen LogP contribution in [0.5, 0.6) is 0 Å². The largest absolute Gasteiger partial charge is 0.469 e. The lowest BCUT2D eigenvalue weighted by Gasteiger charge is -2.39. The van der Waals surface area contributed by atoms with Gasteiger partial charge in [-0.2, -0.15) is 0 Å². The van der Waals surface area contributed by atoms with Crippen molar-refractivity contribution in [2.75, 3.05) is 7.11 Å². The molecule has 0 atom stereocenters. The fourth-order valence-electron chi connectivity index (χ4n) is 3.01. The van der Waals surface area contributed by atoms with Crippen LogP contribution in [0.25, 0.3) is 10.8 Å². The van der Waals surface area contributed by atoms with Crippen molar-refractivity contribution in [3.05, 3.63) is 48.0 Å². The van der Waals surface area contributed by atoms with E-state index in [-0.39, 0.29) is 11.4 Å². The highest BCUT2D eigenvalue weighted by Gasteiger charge is 2.45. The maximum absolute atomic E-state index is 12.0. The monoisotopic (exact) mass is 254 g/mol. The Morgan fingerprint density at radius 2 is 1.89 bits per heavy atom. The summed E-state index contributed by atoms with van der Waals surface area (Å²) in [7, 11) is 1.49. The molecule has 2 aromatic rings. The van der Waals surface area contributed by atoms with Gasteiger partial charge in [-0.1, -0.05) is 48.9 Å². The number of rotatable bonds is 3. The Kier molecular flexibility index (Phi) is 3.02. The van der Waals surface area contributed by atoms with Crippen LogP contribution in [0.1, 0.15) is 24.8 Å². The van der Waals surface area contributed by atoms with Crippen LogP contribution in [0.15, 0.2) is 42.5 Å². The Hall–Kier alpha value is -1.83. The number of carbonyl (C=O) groups excluding carboxylic acids is 1. The van der Waals surface area contributed by atoms with E-state index < -0.39 is 0 Å². The molecule has 19 heavy (non-hydrogen) atoms. The predicted octanol–water partition coefficient (Wildman–Crippen LogP) is 3.73. The third-order valence-corrected chi connectivity index (χ3v) is 4.29. The van der Waals surface area contributed by atoms with E-state index in [9.17, 15) is 4.79 Å². The molecule has 1 fully saturated rings. The minimum Gasteiger partial charge on any atom is -0.469 e. The molecule has 0 radical (unpaired) electrons.